The van der Waals surface area contributed by atoms with Gasteiger partial charge in [-0.25, -0.2) is 4.98 Å². The van der Waals surface area contributed by atoms with Crippen molar-refractivity contribution in [3.63, 3.8) is 0 Å². The van der Waals surface area contributed by atoms with E-state index < -0.39 is 0 Å². The standard InChI is InChI=1S/C16H23N3OS/c1-10-9-20-11(2)8-19(10)16-13(15(17)21)7-12-5-3-4-6-14(12)18-16/h7,10-11H,3-6,8-9H2,1-2H3,(H2,17,21). The van der Waals surface area contributed by atoms with Gasteiger partial charge in [0, 0.05) is 12.2 Å². The van der Waals surface area contributed by atoms with E-state index in [4.69, 9.17) is 27.7 Å². The number of ether oxygens (including phenoxy) is 1. The molecule has 2 atom stereocenters. The Bertz CT molecular complexity index is 561. The number of aromatic nitrogens is 1. The summed E-state index contributed by atoms with van der Waals surface area (Å²) < 4.78 is 5.72. The van der Waals surface area contributed by atoms with Crippen LogP contribution in [0.15, 0.2) is 6.07 Å². The average Bonchev–Trinajstić information content (AvgIpc) is 2.48. The number of thiocarbonyl (C=S) groups is 1. The zero-order valence-corrected chi connectivity index (χ0v) is 13.6. The highest BCUT2D eigenvalue weighted by Crippen LogP contribution is 2.29. The molecule has 1 saturated heterocycles. The Kier molecular flexibility index (Phi) is 4.13. The monoisotopic (exact) mass is 305 g/mol. The lowest BCUT2D eigenvalue weighted by Gasteiger charge is -2.39. The normalized spacial score (nSPS) is 25.5. The molecule has 0 aromatic carbocycles. The van der Waals surface area contributed by atoms with Crippen LogP contribution in [-0.2, 0) is 17.6 Å². The number of anilines is 1. The molecule has 21 heavy (non-hydrogen) atoms. The highest BCUT2D eigenvalue weighted by molar-refractivity contribution is 7.80. The van der Waals surface area contributed by atoms with E-state index in [1.807, 2.05) is 0 Å². The van der Waals surface area contributed by atoms with Gasteiger partial charge in [0.2, 0.25) is 0 Å². The summed E-state index contributed by atoms with van der Waals surface area (Å²) in [6.07, 6.45) is 4.82. The lowest BCUT2D eigenvalue weighted by Crippen LogP contribution is -2.48. The molecule has 2 unspecified atom stereocenters. The second kappa shape index (κ2) is 5.89. The molecule has 1 aliphatic carbocycles. The molecule has 2 N–H and O–H groups in total. The summed E-state index contributed by atoms with van der Waals surface area (Å²) in [4.78, 5) is 7.69. The number of pyridine rings is 1. The molecule has 0 amide bonds. The van der Waals surface area contributed by atoms with Gasteiger partial charge in [0.1, 0.15) is 10.8 Å². The zero-order chi connectivity index (χ0) is 15.0. The fraction of sp³-hybridized carbons (Fsp3) is 0.625. The molecule has 5 heteroatoms. The number of nitrogens with zero attached hydrogens (tertiary/aromatic N) is 2. The molecule has 1 aromatic heterocycles. The second-order valence-corrected chi connectivity index (χ2v) is 6.62. The van der Waals surface area contributed by atoms with Gasteiger partial charge in [-0.05, 0) is 51.2 Å². The Morgan fingerprint density at radius 3 is 2.90 bits per heavy atom. The minimum absolute atomic E-state index is 0.207. The van der Waals surface area contributed by atoms with Crippen LogP contribution in [0.3, 0.4) is 0 Å². The van der Waals surface area contributed by atoms with Gasteiger partial charge in [0.05, 0.1) is 24.3 Å². The van der Waals surface area contributed by atoms with Crippen molar-refractivity contribution in [1.82, 2.24) is 4.98 Å². The van der Waals surface area contributed by atoms with Gasteiger partial charge in [0.25, 0.3) is 0 Å². The lowest BCUT2D eigenvalue weighted by atomic mass is 9.94. The van der Waals surface area contributed by atoms with E-state index in [0.717, 1.165) is 37.4 Å². The molecule has 1 aromatic rings. The first-order valence-corrected chi connectivity index (χ1v) is 8.18. The molecule has 4 nitrogen and oxygen atoms in total. The minimum atomic E-state index is 0.207. The smallest absolute Gasteiger partial charge is 0.139 e. The van der Waals surface area contributed by atoms with E-state index >= 15 is 0 Å². The van der Waals surface area contributed by atoms with E-state index in [0.29, 0.717) is 11.0 Å². The van der Waals surface area contributed by atoms with Crippen LogP contribution in [0.25, 0.3) is 0 Å². The molecule has 2 aliphatic rings. The van der Waals surface area contributed by atoms with Crippen LogP contribution in [0.4, 0.5) is 5.82 Å². The van der Waals surface area contributed by atoms with Crippen molar-refractivity contribution in [2.24, 2.45) is 5.73 Å². The van der Waals surface area contributed by atoms with Crippen molar-refractivity contribution >= 4 is 23.0 Å². The number of nitrogens with two attached hydrogens (primary N) is 1. The molecule has 0 bridgehead atoms. The Morgan fingerprint density at radius 2 is 2.14 bits per heavy atom. The van der Waals surface area contributed by atoms with Crippen LogP contribution in [-0.4, -0.2) is 35.3 Å². The maximum absolute atomic E-state index is 5.97. The summed E-state index contributed by atoms with van der Waals surface area (Å²) >= 11 is 5.27. The number of fused-ring (bicyclic) bond motifs is 1. The van der Waals surface area contributed by atoms with Crippen molar-refractivity contribution in [2.45, 2.75) is 51.7 Å². The van der Waals surface area contributed by atoms with Crippen LogP contribution < -0.4 is 10.6 Å². The quantitative estimate of drug-likeness (QED) is 0.849. The SMILES string of the molecule is CC1CN(c2nc3c(cc2C(N)=S)CCCC3)C(C)CO1. The summed E-state index contributed by atoms with van der Waals surface area (Å²) in [5.41, 5.74) is 9.44. The lowest BCUT2D eigenvalue weighted by molar-refractivity contribution is 0.0340. The highest BCUT2D eigenvalue weighted by atomic mass is 32.1. The Labute approximate surface area is 131 Å². The van der Waals surface area contributed by atoms with E-state index in [9.17, 15) is 0 Å². The van der Waals surface area contributed by atoms with Crippen molar-refractivity contribution in [3.05, 3.63) is 22.9 Å². The first-order valence-electron chi connectivity index (χ1n) is 7.77. The molecule has 3 rings (SSSR count). The molecule has 1 fully saturated rings. The molecule has 0 saturated carbocycles. The van der Waals surface area contributed by atoms with Crippen molar-refractivity contribution in [3.8, 4) is 0 Å². The van der Waals surface area contributed by atoms with Gasteiger partial charge < -0.3 is 15.4 Å². The van der Waals surface area contributed by atoms with Crippen molar-refractivity contribution < 1.29 is 4.74 Å². The van der Waals surface area contributed by atoms with E-state index in [1.165, 1.54) is 24.1 Å². The predicted molar refractivity (Wildman–Crippen MR) is 89.0 cm³/mol. The molecule has 2 heterocycles. The molecule has 1 aliphatic heterocycles. The third-order valence-electron chi connectivity index (χ3n) is 4.43. The van der Waals surface area contributed by atoms with Crippen LogP contribution in [0.1, 0.15) is 43.5 Å². The van der Waals surface area contributed by atoms with Crippen LogP contribution in [0.2, 0.25) is 0 Å². The Morgan fingerprint density at radius 1 is 1.38 bits per heavy atom. The van der Waals surface area contributed by atoms with Crippen molar-refractivity contribution in [1.29, 1.82) is 0 Å². The highest BCUT2D eigenvalue weighted by Gasteiger charge is 2.28. The van der Waals surface area contributed by atoms with Crippen LogP contribution in [0.5, 0.6) is 0 Å². The molecule has 114 valence electrons. The zero-order valence-electron chi connectivity index (χ0n) is 12.8. The van der Waals surface area contributed by atoms with Gasteiger partial charge in [0.15, 0.2) is 0 Å². The van der Waals surface area contributed by atoms with E-state index in [-0.39, 0.29) is 6.10 Å². The van der Waals surface area contributed by atoms with Gasteiger partial charge >= 0.3 is 0 Å². The first-order chi connectivity index (χ1) is 10.1. The van der Waals surface area contributed by atoms with Crippen LogP contribution in [0, 0.1) is 0 Å². The molecular weight excluding hydrogens is 282 g/mol. The third-order valence-corrected chi connectivity index (χ3v) is 4.65. The van der Waals surface area contributed by atoms with E-state index in [2.05, 4.69) is 24.8 Å². The third kappa shape index (κ3) is 2.90. The number of morpholine rings is 1. The maximum atomic E-state index is 5.97. The fourth-order valence-electron chi connectivity index (χ4n) is 3.22. The van der Waals surface area contributed by atoms with Crippen molar-refractivity contribution in [2.75, 3.05) is 18.1 Å². The molecule has 0 radical (unpaired) electrons. The van der Waals surface area contributed by atoms with E-state index in [1.54, 1.807) is 0 Å². The summed E-state index contributed by atoms with van der Waals surface area (Å²) in [5, 5.41) is 0. The minimum Gasteiger partial charge on any atom is -0.389 e. The summed E-state index contributed by atoms with van der Waals surface area (Å²) in [6, 6.07) is 2.47. The largest absolute Gasteiger partial charge is 0.389 e. The van der Waals surface area contributed by atoms with Gasteiger partial charge in [-0.15, -0.1) is 0 Å². The summed E-state index contributed by atoms with van der Waals surface area (Å²) in [7, 11) is 0. The van der Waals surface area contributed by atoms with Gasteiger partial charge in [-0.2, -0.15) is 0 Å². The average molecular weight is 305 g/mol. The maximum Gasteiger partial charge on any atom is 0.139 e. The molecule has 0 spiro atoms. The van der Waals surface area contributed by atoms with Crippen LogP contribution >= 0.6 is 12.2 Å². The Balaban J connectivity index is 2.04. The fourth-order valence-corrected chi connectivity index (χ4v) is 3.37. The number of rotatable bonds is 2. The summed E-state index contributed by atoms with van der Waals surface area (Å²) in [6.45, 7) is 5.81. The number of hydrogen-bond donors (Lipinski definition) is 1. The summed E-state index contributed by atoms with van der Waals surface area (Å²) in [5.74, 6) is 0.950. The Hall–Kier alpha value is -1.20. The second-order valence-electron chi connectivity index (χ2n) is 6.18. The first kappa shape index (κ1) is 14.7. The topological polar surface area (TPSA) is 51.4 Å². The number of hydrogen-bond acceptors (Lipinski definition) is 4. The van der Waals surface area contributed by atoms with Gasteiger partial charge in [-0.3, -0.25) is 0 Å². The number of aryl methyl sites for hydroxylation is 2. The van der Waals surface area contributed by atoms with Gasteiger partial charge in [-0.1, -0.05) is 12.2 Å². The molecular formula is C16H23N3OS. The predicted octanol–water partition coefficient (Wildman–Crippen LogP) is 2.21.